The SMILES string of the molecule is CC=C(NCc1ccc(Cl)c(Cl)c1)NC(=O)/C(NCC1CCCN(C(=O)c2cccnc2)C1)=C(\C)C=N. The maximum Gasteiger partial charge on any atom is 0.273 e. The molecule has 1 aromatic heterocycles. The summed E-state index contributed by atoms with van der Waals surface area (Å²) in [5.41, 5.74) is 2.32. The number of halogens is 2. The molecule has 1 unspecified atom stereocenters. The lowest BCUT2D eigenvalue weighted by molar-refractivity contribution is -0.117. The molecule has 1 aromatic carbocycles. The van der Waals surface area contributed by atoms with E-state index in [9.17, 15) is 9.59 Å². The molecule has 3 rings (SSSR count). The summed E-state index contributed by atoms with van der Waals surface area (Å²) in [5.74, 6) is 0.311. The molecular formula is C27H32Cl2N6O2. The van der Waals surface area contributed by atoms with Crippen molar-refractivity contribution in [3.8, 4) is 0 Å². The molecule has 0 saturated carbocycles. The minimum absolute atomic E-state index is 0.0345. The number of nitrogens with zero attached hydrogens (tertiary/aromatic N) is 2. The lowest BCUT2D eigenvalue weighted by Crippen LogP contribution is -2.44. The minimum atomic E-state index is -0.352. The van der Waals surface area contributed by atoms with E-state index in [2.05, 4.69) is 20.9 Å². The van der Waals surface area contributed by atoms with Gasteiger partial charge in [0.2, 0.25) is 0 Å². The molecule has 2 amide bonds. The van der Waals surface area contributed by atoms with Gasteiger partial charge in [0.15, 0.2) is 0 Å². The number of carbonyl (C=O) groups excluding carboxylic acids is 2. The standard InChI is InChI=1S/C27H32Cl2N6O2/c1-3-24(32-14-19-8-9-22(28)23(29)12-19)34-26(36)25(18(2)13-30)33-15-20-6-5-11-35(17-20)27(37)21-7-4-10-31-16-21/h3-4,7-10,12-13,16,20,30,32-33H,5-6,11,14-15,17H2,1-2H3,(H,34,36)/b24-3?,25-18-,30-13?. The molecule has 8 nitrogen and oxygen atoms in total. The smallest absolute Gasteiger partial charge is 0.273 e. The summed E-state index contributed by atoms with van der Waals surface area (Å²) in [6.45, 7) is 5.76. The number of benzene rings is 1. The van der Waals surface area contributed by atoms with E-state index >= 15 is 0 Å². The maximum atomic E-state index is 13.1. The van der Waals surface area contributed by atoms with E-state index in [0.29, 0.717) is 58.9 Å². The van der Waals surface area contributed by atoms with Crippen LogP contribution in [0.25, 0.3) is 0 Å². The van der Waals surface area contributed by atoms with E-state index < -0.39 is 0 Å². The van der Waals surface area contributed by atoms with Crippen LogP contribution in [-0.4, -0.2) is 47.5 Å². The van der Waals surface area contributed by atoms with Gasteiger partial charge in [-0.2, -0.15) is 0 Å². The number of hydrogen-bond donors (Lipinski definition) is 4. The van der Waals surface area contributed by atoms with Crippen LogP contribution in [0.3, 0.4) is 0 Å². The van der Waals surface area contributed by atoms with Crippen molar-refractivity contribution in [2.24, 2.45) is 5.92 Å². The van der Waals surface area contributed by atoms with Crippen LogP contribution < -0.4 is 16.0 Å². The van der Waals surface area contributed by atoms with Crippen LogP contribution in [-0.2, 0) is 11.3 Å². The average Bonchev–Trinajstić information content (AvgIpc) is 2.92. The van der Waals surface area contributed by atoms with Crippen molar-refractivity contribution >= 4 is 41.2 Å². The number of nitrogens with one attached hydrogen (secondary N) is 4. The number of amides is 2. The number of piperidine rings is 1. The van der Waals surface area contributed by atoms with Crippen molar-refractivity contribution in [2.75, 3.05) is 19.6 Å². The van der Waals surface area contributed by atoms with Gasteiger partial charge in [0, 0.05) is 44.8 Å². The van der Waals surface area contributed by atoms with Crippen LogP contribution in [0, 0.1) is 11.3 Å². The second-order valence-electron chi connectivity index (χ2n) is 8.84. The quantitative estimate of drug-likeness (QED) is 0.260. The monoisotopic (exact) mass is 542 g/mol. The van der Waals surface area contributed by atoms with E-state index in [1.54, 1.807) is 49.7 Å². The first-order chi connectivity index (χ1) is 17.8. The van der Waals surface area contributed by atoms with E-state index in [1.807, 2.05) is 17.9 Å². The third kappa shape index (κ3) is 8.06. The first-order valence-electron chi connectivity index (χ1n) is 12.1. The predicted octanol–water partition coefficient (Wildman–Crippen LogP) is 4.52. The average molecular weight is 543 g/mol. The van der Waals surface area contributed by atoms with Gasteiger partial charge < -0.3 is 26.3 Å². The summed E-state index contributed by atoms with van der Waals surface area (Å²) in [6.07, 6.45) is 7.96. The lowest BCUT2D eigenvalue weighted by atomic mass is 9.97. The van der Waals surface area contributed by atoms with Crippen molar-refractivity contribution in [1.29, 1.82) is 5.41 Å². The van der Waals surface area contributed by atoms with Gasteiger partial charge in [-0.15, -0.1) is 0 Å². The number of hydrogen-bond acceptors (Lipinski definition) is 6. The number of likely N-dealkylation sites (tertiary alicyclic amines) is 1. The van der Waals surface area contributed by atoms with Gasteiger partial charge in [-0.05, 0) is 74.1 Å². The molecule has 2 heterocycles. The van der Waals surface area contributed by atoms with Gasteiger partial charge in [-0.1, -0.05) is 29.3 Å². The van der Waals surface area contributed by atoms with Gasteiger partial charge in [0.05, 0.1) is 15.6 Å². The highest BCUT2D eigenvalue weighted by Gasteiger charge is 2.25. The Morgan fingerprint density at radius 1 is 1.22 bits per heavy atom. The van der Waals surface area contributed by atoms with Gasteiger partial charge in [-0.3, -0.25) is 14.6 Å². The summed E-state index contributed by atoms with van der Waals surface area (Å²) in [4.78, 5) is 31.8. The molecule has 37 heavy (non-hydrogen) atoms. The molecule has 1 atom stereocenters. The van der Waals surface area contributed by atoms with Gasteiger partial charge in [0.25, 0.3) is 11.8 Å². The highest BCUT2D eigenvalue weighted by Crippen LogP contribution is 2.22. The van der Waals surface area contributed by atoms with Crippen LogP contribution in [0.5, 0.6) is 0 Å². The fourth-order valence-corrected chi connectivity index (χ4v) is 4.38. The molecule has 0 aliphatic carbocycles. The summed E-state index contributed by atoms with van der Waals surface area (Å²) in [5, 5.41) is 17.9. The molecule has 4 N–H and O–H groups in total. The Labute approximate surface area is 227 Å². The molecule has 1 aliphatic rings. The summed E-state index contributed by atoms with van der Waals surface area (Å²) in [6, 6.07) is 8.87. The molecular weight excluding hydrogens is 511 g/mol. The largest absolute Gasteiger partial charge is 0.380 e. The molecule has 10 heteroatoms. The second kappa shape index (κ2) is 13.8. The molecule has 1 aliphatic heterocycles. The number of rotatable bonds is 10. The second-order valence-corrected chi connectivity index (χ2v) is 9.66. The van der Waals surface area contributed by atoms with E-state index in [-0.39, 0.29) is 17.7 Å². The fourth-order valence-electron chi connectivity index (χ4n) is 4.06. The highest BCUT2D eigenvalue weighted by atomic mass is 35.5. The van der Waals surface area contributed by atoms with Crippen molar-refractivity contribution in [1.82, 2.24) is 25.8 Å². The van der Waals surface area contributed by atoms with Crippen LogP contribution >= 0.6 is 23.2 Å². The zero-order valence-electron chi connectivity index (χ0n) is 21.0. The third-order valence-electron chi connectivity index (χ3n) is 6.12. The molecule has 1 saturated heterocycles. The summed E-state index contributed by atoms with van der Waals surface area (Å²) < 4.78 is 0. The number of allylic oxidation sites excluding steroid dienone is 2. The Hall–Kier alpha value is -3.36. The molecule has 196 valence electrons. The van der Waals surface area contributed by atoms with Crippen LogP contribution in [0.15, 0.2) is 65.9 Å². The Morgan fingerprint density at radius 2 is 2.03 bits per heavy atom. The van der Waals surface area contributed by atoms with Crippen molar-refractivity contribution in [3.63, 3.8) is 0 Å². The summed E-state index contributed by atoms with van der Waals surface area (Å²) >= 11 is 12.1. The van der Waals surface area contributed by atoms with Crippen LogP contribution in [0.1, 0.15) is 42.6 Å². The van der Waals surface area contributed by atoms with Gasteiger partial charge in [-0.25, -0.2) is 0 Å². The third-order valence-corrected chi connectivity index (χ3v) is 6.86. The van der Waals surface area contributed by atoms with Crippen molar-refractivity contribution in [3.05, 3.63) is 87.1 Å². The lowest BCUT2D eigenvalue weighted by Gasteiger charge is -2.33. The Balaban J connectivity index is 1.58. The minimum Gasteiger partial charge on any atom is -0.380 e. The van der Waals surface area contributed by atoms with E-state index in [1.165, 1.54) is 0 Å². The zero-order chi connectivity index (χ0) is 26.8. The zero-order valence-corrected chi connectivity index (χ0v) is 22.5. The normalized spacial score (nSPS) is 16.5. The molecule has 0 radical (unpaired) electrons. The van der Waals surface area contributed by atoms with E-state index in [4.69, 9.17) is 28.6 Å². The van der Waals surface area contributed by atoms with Crippen LogP contribution in [0.4, 0.5) is 0 Å². The topological polar surface area (TPSA) is 110 Å². The van der Waals surface area contributed by atoms with E-state index in [0.717, 1.165) is 24.6 Å². The molecule has 0 spiro atoms. The Bertz CT molecular complexity index is 1180. The Morgan fingerprint density at radius 3 is 2.70 bits per heavy atom. The Kier molecular flexibility index (Phi) is 10.5. The van der Waals surface area contributed by atoms with Gasteiger partial charge in [0.1, 0.15) is 11.5 Å². The molecule has 1 fully saturated rings. The maximum absolute atomic E-state index is 13.1. The van der Waals surface area contributed by atoms with Crippen LogP contribution in [0.2, 0.25) is 10.0 Å². The highest BCUT2D eigenvalue weighted by molar-refractivity contribution is 6.42. The molecule has 2 aromatic rings. The fraction of sp³-hybridized carbons (Fsp3) is 0.333. The van der Waals surface area contributed by atoms with Gasteiger partial charge >= 0.3 is 0 Å². The first-order valence-corrected chi connectivity index (χ1v) is 12.9. The predicted molar refractivity (Wildman–Crippen MR) is 148 cm³/mol. The number of carbonyl (C=O) groups is 2. The summed E-state index contributed by atoms with van der Waals surface area (Å²) in [7, 11) is 0. The molecule has 0 bridgehead atoms. The van der Waals surface area contributed by atoms with Crippen molar-refractivity contribution < 1.29 is 9.59 Å². The van der Waals surface area contributed by atoms with Crippen molar-refractivity contribution in [2.45, 2.75) is 33.2 Å². The number of aromatic nitrogens is 1. The first kappa shape index (κ1) is 28.2. The number of pyridine rings is 1.